The Balaban J connectivity index is 2.98. The monoisotopic (exact) mass is 144 g/mol. The van der Waals surface area contributed by atoms with Gasteiger partial charge in [0.1, 0.15) is 0 Å². The fraction of sp³-hybridized carbons (Fsp3) is 0. The van der Waals surface area contributed by atoms with Gasteiger partial charge >= 0.3 is 0 Å². The molecule has 0 amide bonds. The average molecular weight is 144 g/mol. The first-order chi connectivity index (χ1) is 4.20. The number of carbonyl (C=O) groups excluding carboxylic acids is 1. The van der Waals surface area contributed by atoms with Crippen molar-refractivity contribution in [2.45, 2.75) is 0 Å². The van der Waals surface area contributed by atoms with E-state index in [-0.39, 0.29) is 11.6 Å². The van der Waals surface area contributed by atoms with Crippen LogP contribution in [-0.2, 0) is 0 Å². The van der Waals surface area contributed by atoms with Crippen molar-refractivity contribution < 1.29 is 9.32 Å². The minimum absolute atomic E-state index is 0.0656. The molecule has 0 aromatic carbocycles. The first-order valence-electron chi connectivity index (χ1n) is 2.15. The SMILES string of the molecule is Nc1cc(C(=O)S)on1. The number of rotatable bonds is 1. The molecule has 4 nitrogen and oxygen atoms in total. The van der Waals surface area contributed by atoms with Crippen LogP contribution < -0.4 is 5.73 Å². The van der Waals surface area contributed by atoms with Crippen LogP contribution >= 0.6 is 12.6 Å². The Labute approximate surface area is 56.4 Å². The van der Waals surface area contributed by atoms with Crippen LogP contribution in [0, 0.1) is 0 Å². The second-order valence-corrected chi connectivity index (χ2v) is 1.83. The molecule has 1 aromatic heterocycles. The summed E-state index contributed by atoms with van der Waals surface area (Å²) < 4.78 is 4.42. The largest absolute Gasteiger partial charge is 0.381 e. The van der Waals surface area contributed by atoms with Gasteiger partial charge in [-0.15, -0.1) is 0 Å². The molecule has 1 heterocycles. The van der Waals surface area contributed by atoms with Crippen LogP contribution in [0.2, 0.25) is 0 Å². The van der Waals surface area contributed by atoms with Gasteiger partial charge in [0.2, 0.25) is 5.76 Å². The number of carbonyl (C=O) groups is 1. The number of aromatic nitrogens is 1. The van der Waals surface area contributed by atoms with Crippen LogP contribution in [0.3, 0.4) is 0 Å². The standard InChI is InChI=1S/C4H4N2O2S/c5-3-1-2(4(7)9)8-6-3/h1H,(H2,5,6)(H,7,9). The smallest absolute Gasteiger partial charge is 0.254 e. The summed E-state index contributed by atoms with van der Waals surface area (Å²) in [6.45, 7) is 0. The molecule has 48 valence electrons. The summed E-state index contributed by atoms with van der Waals surface area (Å²) in [5.74, 6) is 0.253. The topological polar surface area (TPSA) is 69.1 Å². The fourth-order valence-electron chi connectivity index (χ4n) is 0.390. The lowest BCUT2D eigenvalue weighted by atomic mass is 10.5. The number of nitrogen functional groups attached to an aromatic ring is 1. The van der Waals surface area contributed by atoms with Crippen molar-refractivity contribution in [3.8, 4) is 0 Å². The highest BCUT2D eigenvalue weighted by atomic mass is 32.1. The normalized spacial score (nSPS) is 9.44. The van der Waals surface area contributed by atoms with Gasteiger partial charge in [-0.3, -0.25) is 4.79 Å². The highest BCUT2D eigenvalue weighted by Crippen LogP contribution is 2.06. The van der Waals surface area contributed by atoms with Gasteiger partial charge in [0, 0.05) is 6.07 Å². The van der Waals surface area contributed by atoms with Crippen LogP contribution in [0.4, 0.5) is 5.82 Å². The third-order valence-electron chi connectivity index (χ3n) is 0.739. The number of anilines is 1. The van der Waals surface area contributed by atoms with Gasteiger partial charge in [0.25, 0.3) is 5.12 Å². The molecular weight excluding hydrogens is 140 g/mol. The van der Waals surface area contributed by atoms with Crippen LogP contribution in [0.15, 0.2) is 10.6 Å². The van der Waals surface area contributed by atoms with E-state index < -0.39 is 5.12 Å². The van der Waals surface area contributed by atoms with Gasteiger partial charge < -0.3 is 10.3 Å². The van der Waals surface area contributed by atoms with E-state index in [0.29, 0.717) is 0 Å². The Morgan fingerprint density at radius 3 is 2.78 bits per heavy atom. The molecule has 2 N–H and O–H groups in total. The molecule has 0 saturated carbocycles. The van der Waals surface area contributed by atoms with Crippen molar-refractivity contribution in [3.05, 3.63) is 11.8 Å². The Kier molecular flexibility index (Phi) is 1.44. The van der Waals surface area contributed by atoms with E-state index in [1.54, 1.807) is 0 Å². The summed E-state index contributed by atoms with van der Waals surface area (Å²) in [6.07, 6.45) is 0. The van der Waals surface area contributed by atoms with Gasteiger partial charge in [-0.05, 0) is 0 Å². The number of hydrogen-bond acceptors (Lipinski definition) is 4. The second-order valence-electron chi connectivity index (χ2n) is 1.42. The molecule has 0 radical (unpaired) electrons. The Morgan fingerprint density at radius 2 is 2.56 bits per heavy atom. The third kappa shape index (κ3) is 1.23. The zero-order valence-corrected chi connectivity index (χ0v) is 5.26. The maximum atomic E-state index is 10.3. The zero-order valence-electron chi connectivity index (χ0n) is 4.37. The van der Waals surface area contributed by atoms with Crippen LogP contribution in [0.5, 0.6) is 0 Å². The molecule has 9 heavy (non-hydrogen) atoms. The van der Waals surface area contributed by atoms with Crippen molar-refractivity contribution in [1.82, 2.24) is 5.16 Å². The molecule has 0 unspecified atom stereocenters. The van der Waals surface area contributed by atoms with Crippen LogP contribution in [-0.4, -0.2) is 10.3 Å². The molecule has 0 aliphatic heterocycles. The maximum Gasteiger partial charge on any atom is 0.254 e. The predicted octanol–water partition coefficient (Wildman–Crippen LogP) is 0.327. The van der Waals surface area contributed by atoms with Gasteiger partial charge in [0.15, 0.2) is 5.82 Å². The first kappa shape index (κ1) is 6.15. The third-order valence-corrected chi connectivity index (χ3v) is 0.960. The molecule has 0 bridgehead atoms. The highest BCUT2D eigenvalue weighted by molar-refractivity contribution is 7.97. The Bertz CT molecular complexity index is 232. The fourth-order valence-corrected chi connectivity index (χ4v) is 0.495. The lowest BCUT2D eigenvalue weighted by Crippen LogP contribution is -1.83. The molecule has 0 saturated heterocycles. The molecular formula is C4H4N2O2S. The van der Waals surface area contributed by atoms with Gasteiger partial charge in [-0.1, -0.05) is 17.8 Å². The Hall–Kier alpha value is -0.970. The van der Waals surface area contributed by atoms with Crippen molar-refractivity contribution in [2.24, 2.45) is 0 Å². The average Bonchev–Trinajstić information content (AvgIpc) is 2.14. The van der Waals surface area contributed by atoms with Crippen molar-refractivity contribution in [3.63, 3.8) is 0 Å². The van der Waals surface area contributed by atoms with Crippen molar-refractivity contribution >= 4 is 23.6 Å². The summed E-state index contributed by atoms with van der Waals surface area (Å²) in [4.78, 5) is 10.3. The predicted molar refractivity (Wildman–Crippen MR) is 34.2 cm³/mol. The number of hydrogen-bond donors (Lipinski definition) is 2. The first-order valence-corrected chi connectivity index (χ1v) is 2.60. The second kappa shape index (κ2) is 2.10. The minimum atomic E-state index is -0.473. The van der Waals surface area contributed by atoms with Gasteiger partial charge in [-0.2, -0.15) is 0 Å². The van der Waals surface area contributed by atoms with E-state index in [4.69, 9.17) is 5.73 Å². The van der Waals surface area contributed by atoms with Crippen molar-refractivity contribution in [1.29, 1.82) is 0 Å². The van der Waals surface area contributed by atoms with E-state index in [2.05, 4.69) is 22.3 Å². The van der Waals surface area contributed by atoms with Gasteiger partial charge in [0.05, 0.1) is 0 Å². The summed E-state index contributed by atoms with van der Waals surface area (Å²) >= 11 is 3.47. The summed E-state index contributed by atoms with van der Waals surface area (Å²) in [7, 11) is 0. The number of thiol groups is 1. The van der Waals surface area contributed by atoms with Crippen molar-refractivity contribution in [2.75, 3.05) is 5.73 Å². The lowest BCUT2D eigenvalue weighted by molar-refractivity contribution is 0.105. The van der Waals surface area contributed by atoms with Crippen LogP contribution in [0.25, 0.3) is 0 Å². The number of nitrogens with two attached hydrogens (primary N) is 1. The molecule has 0 fully saturated rings. The Morgan fingerprint density at radius 1 is 1.89 bits per heavy atom. The molecule has 5 heteroatoms. The minimum Gasteiger partial charge on any atom is -0.381 e. The molecule has 0 aliphatic rings. The lowest BCUT2D eigenvalue weighted by Gasteiger charge is -1.76. The molecule has 1 rings (SSSR count). The quantitative estimate of drug-likeness (QED) is 0.557. The van der Waals surface area contributed by atoms with E-state index >= 15 is 0 Å². The number of nitrogens with zero attached hydrogens (tertiary/aromatic N) is 1. The van der Waals surface area contributed by atoms with E-state index in [0.717, 1.165) is 0 Å². The molecule has 0 atom stereocenters. The zero-order chi connectivity index (χ0) is 6.85. The van der Waals surface area contributed by atoms with Gasteiger partial charge in [-0.25, -0.2) is 0 Å². The summed E-state index contributed by atoms with van der Waals surface area (Å²) in [5, 5.41) is 2.80. The highest BCUT2D eigenvalue weighted by Gasteiger charge is 2.05. The summed E-state index contributed by atoms with van der Waals surface area (Å²) in [6, 6.07) is 1.31. The van der Waals surface area contributed by atoms with E-state index in [1.165, 1.54) is 6.07 Å². The molecule has 0 spiro atoms. The molecule has 1 aromatic rings. The van der Waals surface area contributed by atoms with E-state index in [9.17, 15) is 4.79 Å². The van der Waals surface area contributed by atoms with Crippen LogP contribution in [0.1, 0.15) is 10.6 Å². The van der Waals surface area contributed by atoms with E-state index in [1.807, 2.05) is 0 Å². The maximum absolute atomic E-state index is 10.3. The molecule has 0 aliphatic carbocycles. The summed E-state index contributed by atoms with van der Waals surface area (Å²) in [5.41, 5.74) is 5.13.